The molecule has 2 saturated heterocycles. The molecule has 1 N–H and O–H groups in total. The molecular formula is C13H21N3O2. The van der Waals surface area contributed by atoms with Crippen molar-refractivity contribution in [1.82, 2.24) is 10.2 Å². The summed E-state index contributed by atoms with van der Waals surface area (Å²) >= 11 is 0. The van der Waals surface area contributed by atoms with Gasteiger partial charge in [0.25, 0.3) is 0 Å². The lowest BCUT2D eigenvalue weighted by Crippen LogP contribution is -2.65. The van der Waals surface area contributed by atoms with Crippen molar-refractivity contribution in [3.8, 4) is 6.07 Å². The minimum atomic E-state index is -0.327. The minimum Gasteiger partial charge on any atom is -0.377 e. The van der Waals surface area contributed by atoms with Crippen molar-refractivity contribution in [3.05, 3.63) is 0 Å². The predicted molar refractivity (Wildman–Crippen MR) is 66.8 cm³/mol. The summed E-state index contributed by atoms with van der Waals surface area (Å²) in [6.45, 7) is 6.36. The first-order valence-corrected chi connectivity index (χ1v) is 6.56. The van der Waals surface area contributed by atoms with Gasteiger partial charge in [0.15, 0.2) is 0 Å². The van der Waals surface area contributed by atoms with E-state index in [1.54, 1.807) is 0 Å². The summed E-state index contributed by atoms with van der Waals surface area (Å²) in [6, 6.07) is 1.78. The van der Waals surface area contributed by atoms with E-state index in [-0.39, 0.29) is 30.0 Å². The summed E-state index contributed by atoms with van der Waals surface area (Å²) < 4.78 is 5.63. The maximum atomic E-state index is 12.0. The summed E-state index contributed by atoms with van der Waals surface area (Å²) in [5.41, 5.74) is -0.234. The molecule has 2 fully saturated rings. The lowest BCUT2D eigenvalue weighted by atomic mass is 9.96. The predicted octanol–water partition coefficient (Wildman–Crippen LogP) is 0.658. The van der Waals surface area contributed by atoms with E-state index in [0.29, 0.717) is 0 Å². The number of hydrogen-bond donors (Lipinski definition) is 1. The Kier molecular flexibility index (Phi) is 3.88. The molecule has 0 radical (unpaired) electrons. The Morgan fingerprint density at radius 1 is 1.61 bits per heavy atom. The lowest BCUT2D eigenvalue weighted by Gasteiger charge is -2.43. The quantitative estimate of drug-likeness (QED) is 0.800. The Morgan fingerprint density at radius 2 is 2.39 bits per heavy atom. The van der Waals surface area contributed by atoms with Crippen molar-refractivity contribution in [2.45, 2.75) is 50.8 Å². The van der Waals surface area contributed by atoms with Crippen LogP contribution in [0, 0.1) is 11.3 Å². The highest BCUT2D eigenvalue weighted by atomic mass is 16.5. The fourth-order valence-corrected chi connectivity index (χ4v) is 2.79. The van der Waals surface area contributed by atoms with Gasteiger partial charge in [0.1, 0.15) is 6.04 Å². The molecule has 2 aliphatic heterocycles. The van der Waals surface area contributed by atoms with Gasteiger partial charge in [0.2, 0.25) is 5.91 Å². The zero-order chi connectivity index (χ0) is 13.2. The molecule has 1 amide bonds. The largest absolute Gasteiger partial charge is 0.377 e. The van der Waals surface area contributed by atoms with Gasteiger partial charge in [0, 0.05) is 25.2 Å². The maximum Gasteiger partial charge on any atom is 0.238 e. The van der Waals surface area contributed by atoms with Crippen molar-refractivity contribution in [3.63, 3.8) is 0 Å². The van der Waals surface area contributed by atoms with Crippen molar-refractivity contribution in [2.75, 3.05) is 19.7 Å². The number of amides is 1. The Bertz CT molecular complexity index is 356. The third-order valence-corrected chi connectivity index (χ3v) is 3.55. The fraction of sp³-hybridized carbons (Fsp3) is 0.846. The molecule has 0 bridgehead atoms. The van der Waals surface area contributed by atoms with Gasteiger partial charge in [-0.15, -0.1) is 0 Å². The van der Waals surface area contributed by atoms with Crippen LogP contribution in [0.4, 0.5) is 0 Å². The standard InChI is InChI=1S/C13H21N3O2/c1-13(2)9-16(8-10-4-3-7-18-10)11(5-6-14)12(17)15-13/h10-11H,3-5,7-9H2,1-2H3,(H,15,17). The van der Waals surface area contributed by atoms with Crippen LogP contribution in [-0.4, -0.2) is 48.2 Å². The molecule has 2 rings (SSSR count). The Balaban J connectivity index is 2.05. The second kappa shape index (κ2) is 5.25. The molecule has 0 aromatic rings. The number of nitriles is 1. The van der Waals surface area contributed by atoms with E-state index in [1.165, 1.54) is 0 Å². The van der Waals surface area contributed by atoms with Gasteiger partial charge in [0.05, 0.1) is 18.6 Å². The first kappa shape index (κ1) is 13.3. The Hall–Kier alpha value is -1.12. The summed E-state index contributed by atoms with van der Waals surface area (Å²) in [6.07, 6.45) is 2.61. The normalized spacial score (nSPS) is 31.9. The van der Waals surface area contributed by atoms with Crippen LogP contribution in [0.2, 0.25) is 0 Å². The average molecular weight is 251 g/mol. The van der Waals surface area contributed by atoms with Crippen molar-refractivity contribution in [2.24, 2.45) is 0 Å². The summed E-state index contributed by atoms with van der Waals surface area (Å²) in [4.78, 5) is 14.1. The van der Waals surface area contributed by atoms with E-state index in [2.05, 4.69) is 16.3 Å². The van der Waals surface area contributed by atoms with Crippen LogP contribution >= 0.6 is 0 Å². The van der Waals surface area contributed by atoms with Gasteiger partial charge >= 0.3 is 0 Å². The zero-order valence-corrected chi connectivity index (χ0v) is 11.1. The molecule has 2 atom stereocenters. The van der Waals surface area contributed by atoms with E-state index in [4.69, 9.17) is 10.00 Å². The van der Waals surface area contributed by atoms with E-state index < -0.39 is 0 Å². The first-order valence-electron chi connectivity index (χ1n) is 6.56. The number of rotatable bonds is 3. The number of nitrogens with one attached hydrogen (secondary N) is 1. The van der Waals surface area contributed by atoms with E-state index in [0.717, 1.165) is 32.5 Å². The summed E-state index contributed by atoms with van der Waals surface area (Å²) in [5.74, 6) is -0.0363. The number of carbonyl (C=O) groups excluding carboxylic acids is 1. The number of hydrogen-bond acceptors (Lipinski definition) is 4. The van der Waals surface area contributed by atoms with Crippen molar-refractivity contribution >= 4 is 5.91 Å². The molecule has 2 heterocycles. The van der Waals surface area contributed by atoms with Crippen LogP contribution < -0.4 is 5.32 Å². The van der Waals surface area contributed by atoms with E-state index in [9.17, 15) is 4.79 Å². The second-order valence-corrected chi connectivity index (χ2v) is 5.82. The minimum absolute atomic E-state index is 0.0363. The topological polar surface area (TPSA) is 65.4 Å². The fourth-order valence-electron chi connectivity index (χ4n) is 2.79. The Morgan fingerprint density at radius 3 is 3.00 bits per heavy atom. The zero-order valence-electron chi connectivity index (χ0n) is 11.1. The van der Waals surface area contributed by atoms with Gasteiger partial charge in [-0.1, -0.05) is 0 Å². The third-order valence-electron chi connectivity index (χ3n) is 3.55. The summed E-state index contributed by atoms with van der Waals surface area (Å²) in [5, 5.41) is 11.8. The Labute approximate surface area is 108 Å². The van der Waals surface area contributed by atoms with Crippen LogP contribution in [-0.2, 0) is 9.53 Å². The van der Waals surface area contributed by atoms with Gasteiger partial charge in [-0.3, -0.25) is 9.69 Å². The lowest BCUT2D eigenvalue weighted by molar-refractivity contribution is -0.133. The molecular weight excluding hydrogens is 230 g/mol. The third kappa shape index (κ3) is 3.01. The summed E-state index contributed by atoms with van der Waals surface area (Å²) in [7, 11) is 0. The van der Waals surface area contributed by atoms with Crippen molar-refractivity contribution in [1.29, 1.82) is 5.26 Å². The molecule has 2 aliphatic rings. The number of piperazine rings is 1. The van der Waals surface area contributed by atoms with Crippen LogP contribution in [0.15, 0.2) is 0 Å². The van der Waals surface area contributed by atoms with Crippen molar-refractivity contribution < 1.29 is 9.53 Å². The number of ether oxygens (including phenoxy) is 1. The van der Waals surface area contributed by atoms with E-state index in [1.807, 2.05) is 13.8 Å². The van der Waals surface area contributed by atoms with Crippen LogP contribution in [0.3, 0.4) is 0 Å². The number of nitrogens with zero attached hydrogens (tertiary/aromatic N) is 2. The molecule has 5 nitrogen and oxygen atoms in total. The van der Waals surface area contributed by atoms with Gasteiger partial charge in [-0.2, -0.15) is 5.26 Å². The monoisotopic (exact) mass is 251 g/mol. The van der Waals surface area contributed by atoms with Crippen LogP contribution in [0.5, 0.6) is 0 Å². The number of carbonyl (C=O) groups is 1. The SMILES string of the molecule is CC1(C)CN(CC2CCCO2)C(CC#N)C(=O)N1. The molecule has 0 saturated carbocycles. The second-order valence-electron chi connectivity index (χ2n) is 5.82. The van der Waals surface area contributed by atoms with Crippen LogP contribution in [0.25, 0.3) is 0 Å². The van der Waals surface area contributed by atoms with Gasteiger partial charge in [-0.05, 0) is 26.7 Å². The van der Waals surface area contributed by atoms with E-state index >= 15 is 0 Å². The highest BCUT2D eigenvalue weighted by Gasteiger charge is 2.39. The van der Waals surface area contributed by atoms with Crippen LogP contribution in [0.1, 0.15) is 33.1 Å². The van der Waals surface area contributed by atoms with Gasteiger partial charge in [-0.25, -0.2) is 0 Å². The highest BCUT2D eigenvalue weighted by molar-refractivity contribution is 5.83. The molecule has 0 aliphatic carbocycles. The molecule has 100 valence electrons. The molecule has 0 aromatic carbocycles. The smallest absolute Gasteiger partial charge is 0.238 e. The molecule has 18 heavy (non-hydrogen) atoms. The molecule has 0 aromatic heterocycles. The molecule has 5 heteroatoms. The van der Waals surface area contributed by atoms with Gasteiger partial charge < -0.3 is 10.1 Å². The first-order chi connectivity index (χ1) is 8.52. The molecule has 2 unspecified atom stereocenters. The highest BCUT2D eigenvalue weighted by Crippen LogP contribution is 2.21. The average Bonchev–Trinajstić information content (AvgIpc) is 2.75. The molecule has 0 spiro atoms. The maximum absolute atomic E-state index is 12.0.